The van der Waals surface area contributed by atoms with Crippen molar-refractivity contribution in [2.45, 2.75) is 52.2 Å². The van der Waals surface area contributed by atoms with Gasteiger partial charge in [-0.1, -0.05) is 57.5 Å². The Hall–Kier alpha value is -1.88. The summed E-state index contributed by atoms with van der Waals surface area (Å²) in [6.45, 7) is 6.66. The number of benzene rings is 1. The van der Waals surface area contributed by atoms with Crippen LogP contribution in [0.4, 0.5) is 0 Å². The minimum absolute atomic E-state index is 0.0842. The number of carbonyl (C=O) groups is 2. The van der Waals surface area contributed by atoms with Gasteiger partial charge in [0, 0.05) is 0 Å². The van der Waals surface area contributed by atoms with Crippen molar-refractivity contribution in [3.8, 4) is 0 Å². The summed E-state index contributed by atoms with van der Waals surface area (Å²) in [5.74, 6) is 0.758. The average Bonchev–Trinajstić information content (AvgIpc) is 2.59. The van der Waals surface area contributed by atoms with Crippen molar-refractivity contribution in [2.75, 3.05) is 6.54 Å². The molecule has 4 atom stereocenters. The van der Waals surface area contributed by atoms with Crippen molar-refractivity contribution < 1.29 is 20.1 Å². The van der Waals surface area contributed by atoms with Gasteiger partial charge in [0.2, 0.25) is 0 Å². The number of carbonyl (C=O) groups excluding carboxylic acids is 2. The quantitative estimate of drug-likeness (QED) is 0.773. The molecule has 4 N–H and O–H groups in total. The molecule has 2 rings (SSSR count). The number of esters is 1. The molecular formula is C20H31N2O3+. The largest absolute Gasteiger partial charge is 0.460 e. The topological polar surface area (TPSA) is 83.0 Å². The lowest BCUT2D eigenvalue weighted by Gasteiger charge is -2.37. The lowest BCUT2D eigenvalue weighted by atomic mass is 9.75. The third kappa shape index (κ3) is 5.30. The van der Waals surface area contributed by atoms with Crippen molar-refractivity contribution in [2.24, 2.45) is 17.8 Å². The van der Waals surface area contributed by atoms with E-state index in [1.54, 1.807) is 0 Å². The standard InChI is InChI=1S/C20H30N2O3/c1-13(2)16-10-9-14(3)11-17(16)25-20(24)19(22-18(23)12-21)15-7-5-4-6-8-15/h4-8,13-14,16-17,19H,9-12,21H2,1-3H3,(H,22,23)/p+1/t14-,16+,17-,19+/m1/s1. The van der Waals surface area contributed by atoms with Gasteiger partial charge >= 0.3 is 5.97 Å². The molecule has 0 saturated heterocycles. The van der Waals surface area contributed by atoms with Crippen LogP contribution in [0.2, 0.25) is 0 Å². The van der Waals surface area contributed by atoms with Crippen LogP contribution in [0.15, 0.2) is 30.3 Å². The van der Waals surface area contributed by atoms with Crippen molar-refractivity contribution in [3.05, 3.63) is 35.9 Å². The number of quaternary nitrogens is 1. The zero-order valence-electron chi connectivity index (χ0n) is 15.5. The predicted octanol–water partition coefficient (Wildman–Crippen LogP) is 2.09. The summed E-state index contributed by atoms with van der Waals surface area (Å²) < 4.78 is 5.92. The summed E-state index contributed by atoms with van der Waals surface area (Å²) in [5, 5.41) is 2.75. The Morgan fingerprint density at radius 1 is 1.24 bits per heavy atom. The Morgan fingerprint density at radius 3 is 2.52 bits per heavy atom. The summed E-state index contributed by atoms with van der Waals surface area (Å²) in [7, 11) is 0. The van der Waals surface area contributed by atoms with E-state index in [9.17, 15) is 9.59 Å². The van der Waals surface area contributed by atoms with E-state index in [4.69, 9.17) is 4.74 Å². The molecule has 5 nitrogen and oxygen atoms in total. The van der Waals surface area contributed by atoms with E-state index in [1.807, 2.05) is 30.3 Å². The minimum atomic E-state index is -0.777. The highest BCUT2D eigenvalue weighted by atomic mass is 16.5. The first-order valence-electron chi connectivity index (χ1n) is 9.26. The average molecular weight is 347 g/mol. The van der Waals surface area contributed by atoms with Crippen LogP contribution in [-0.4, -0.2) is 24.5 Å². The first-order valence-corrected chi connectivity index (χ1v) is 9.26. The van der Waals surface area contributed by atoms with Crippen molar-refractivity contribution in [1.82, 2.24) is 5.32 Å². The second-order valence-electron chi connectivity index (χ2n) is 7.46. The van der Waals surface area contributed by atoms with Crippen LogP contribution in [-0.2, 0) is 14.3 Å². The number of ether oxygens (including phenoxy) is 1. The Morgan fingerprint density at radius 2 is 1.92 bits per heavy atom. The number of hydrogen-bond acceptors (Lipinski definition) is 3. The molecular weight excluding hydrogens is 316 g/mol. The molecule has 0 unspecified atom stereocenters. The monoisotopic (exact) mass is 347 g/mol. The Balaban J connectivity index is 2.16. The molecule has 5 heteroatoms. The van der Waals surface area contributed by atoms with Gasteiger partial charge < -0.3 is 15.8 Å². The van der Waals surface area contributed by atoms with E-state index in [0.717, 1.165) is 18.4 Å². The van der Waals surface area contributed by atoms with Gasteiger partial charge in [0.05, 0.1) is 0 Å². The van der Waals surface area contributed by atoms with E-state index in [2.05, 4.69) is 31.8 Å². The molecule has 25 heavy (non-hydrogen) atoms. The molecule has 1 aromatic rings. The van der Waals surface area contributed by atoms with E-state index >= 15 is 0 Å². The Labute approximate surface area is 150 Å². The molecule has 0 aromatic heterocycles. The molecule has 1 aliphatic carbocycles. The molecule has 0 heterocycles. The zero-order valence-corrected chi connectivity index (χ0v) is 15.5. The molecule has 1 saturated carbocycles. The van der Waals surface area contributed by atoms with Crippen LogP contribution in [0.3, 0.4) is 0 Å². The maximum absolute atomic E-state index is 12.9. The fraction of sp³-hybridized carbons (Fsp3) is 0.600. The van der Waals surface area contributed by atoms with Gasteiger partial charge in [-0.2, -0.15) is 0 Å². The van der Waals surface area contributed by atoms with E-state index in [-0.39, 0.29) is 24.5 Å². The van der Waals surface area contributed by atoms with E-state index in [0.29, 0.717) is 17.8 Å². The lowest BCUT2D eigenvalue weighted by Crippen LogP contribution is -2.58. The van der Waals surface area contributed by atoms with Crippen LogP contribution in [0.25, 0.3) is 0 Å². The highest BCUT2D eigenvalue weighted by Crippen LogP contribution is 2.36. The summed E-state index contributed by atoms with van der Waals surface area (Å²) >= 11 is 0. The molecule has 0 spiro atoms. The molecule has 1 amide bonds. The van der Waals surface area contributed by atoms with Gasteiger partial charge in [-0.15, -0.1) is 0 Å². The van der Waals surface area contributed by atoms with Crippen LogP contribution < -0.4 is 11.1 Å². The van der Waals surface area contributed by atoms with Crippen LogP contribution in [0, 0.1) is 17.8 Å². The summed E-state index contributed by atoms with van der Waals surface area (Å²) in [5.41, 5.74) is 4.32. The van der Waals surface area contributed by atoms with E-state index < -0.39 is 6.04 Å². The Bertz CT molecular complexity index is 574. The number of hydrogen-bond donors (Lipinski definition) is 2. The SMILES string of the molecule is CC(C)[C@@H]1CC[C@@H](C)C[C@H]1OC(=O)[C@@H](NC(=O)C[NH3+])c1ccccc1. The molecule has 0 bridgehead atoms. The molecule has 0 aliphatic heterocycles. The van der Waals surface area contributed by atoms with Gasteiger partial charge in [-0.25, -0.2) is 4.79 Å². The van der Waals surface area contributed by atoms with Crippen molar-refractivity contribution in [1.29, 1.82) is 0 Å². The normalized spacial score (nSPS) is 24.6. The maximum atomic E-state index is 12.9. The number of amides is 1. The molecule has 138 valence electrons. The molecule has 1 aliphatic rings. The lowest BCUT2D eigenvalue weighted by molar-refractivity contribution is -0.355. The number of nitrogens with one attached hydrogen (secondary N) is 1. The second-order valence-corrected chi connectivity index (χ2v) is 7.46. The van der Waals surface area contributed by atoms with Crippen molar-refractivity contribution in [3.63, 3.8) is 0 Å². The van der Waals surface area contributed by atoms with Crippen LogP contribution >= 0.6 is 0 Å². The van der Waals surface area contributed by atoms with Gasteiger partial charge in [-0.05, 0) is 36.2 Å². The predicted molar refractivity (Wildman–Crippen MR) is 96.3 cm³/mol. The smallest absolute Gasteiger partial charge is 0.333 e. The van der Waals surface area contributed by atoms with E-state index in [1.165, 1.54) is 6.42 Å². The minimum Gasteiger partial charge on any atom is -0.460 e. The summed E-state index contributed by atoms with van der Waals surface area (Å²) in [6.07, 6.45) is 3.06. The Kier molecular flexibility index (Phi) is 7.00. The first kappa shape index (κ1) is 19.4. The third-order valence-electron chi connectivity index (χ3n) is 5.13. The molecule has 1 fully saturated rings. The summed E-state index contributed by atoms with van der Waals surface area (Å²) in [4.78, 5) is 24.7. The third-order valence-corrected chi connectivity index (χ3v) is 5.13. The highest BCUT2D eigenvalue weighted by Gasteiger charge is 2.35. The summed E-state index contributed by atoms with van der Waals surface area (Å²) in [6, 6.07) is 8.47. The van der Waals surface area contributed by atoms with Gasteiger partial charge in [0.1, 0.15) is 6.10 Å². The van der Waals surface area contributed by atoms with Gasteiger partial charge in [0.15, 0.2) is 12.6 Å². The second kappa shape index (κ2) is 8.99. The van der Waals surface area contributed by atoms with Crippen LogP contribution in [0.5, 0.6) is 0 Å². The molecule has 1 aromatic carbocycles. The highest BCUT2D eigenvalue weighted by molar-refractivity contribution is 5.85. The first-order chi connectivity index (χ1) is 11.9. The maximum Gasteiger partial charge on any atom is 0.333 e. The zero-order chi connectivity index (χ0) is 18.4. The van der Waals surface area contributed by atoms with Gasteiger partial charge in [0.25, 0.3) is 5.91 Å². The number of rotatable bonds is 6. The van der Waals surface area contributed by atoms with Gasteiger partial charge in [-0.3, -0.25) is 4.79 Å². The van der Waals surface area contributed by atoms with Crippen LogP contribution in [0.1, 0.15) is 51.6 Å². The fourth-order valence-electron chi connectivity index (χ4n) is 3.62. The fourth-order valence-corrected chi connectivity index (χ4v) is 3.62. The molecule has 0 radical (unpaired) electrons. The van der Waals surface area contributed by atoms with Crippen molar-refractivity contribution >= 4 is 11.9 Å².